The van der Waals surface area contributed by atoms with Crippen LogP contribution in [0.25, 0.3) is 0 Å². The SMILES string of the molecule is NC1CCC2(CC1)CN(c1ccc3c(n1)NC(=O)CO3)C(=O)O2. The van der Waals surface area contributed by atoms with Crippen LogP contribution in [0.2, 0.25) is 0 Å². The van der Waals surface area contributed by atoms with Gasteiger partial charge in [0, 0.05) is 6.04 Å². The van der Waals surface area contributed by atoms with Crippen molar-refractivity contribution in [2.45, 2.75) is 37.3 Å². The van der Waals surface area contributed by atoms with Crippen LogP contribution in [0.15, 0.2) is 12.1 Å². The zero-order valence-electron chi connectivity index (χ0n) is 12.6. The molecule has 3 aliphatic rings. The van der Waals surface area contributed by atoms with E-state index in [0.29, 0.717) is 23.9 Å². The monoisotopic (exact) mass is 318 g/mol. The quantitative estimate of drug-likeness (QED) is 0.800. The van der Waals surface area contributed by atoms with E-state index in [1.54, 1.807) is 12.1 Å². The van der Waals surface area contributed by atoms with Crippen molar-refractivity contribution in [1.29, 1.82) is 0 Å². The van der Waals surface area contributed by atoms with E-state index in [4.69, 9.17) is 15.2 Å². The van der Waals surface area contributed by atoms with Crippen molar-refractivity contribution in [3.63, 3.8) is 0 Å². The number of hydrogen-bond donors (Lipinski definition) is 2. The number of pyridine rings is 1. The maximum Gasteiger partial charge on any atom is 0.416 e. The standard InChI is InChI=1S/C15H18N4O4/c16-9-3-5-15(6-4-9)8-19(14(21)23-15)11-2-1-10-13(17-11)18-12(20)7-22-10/h1-2,9H,3-8,16H2,(H,17,18,20). The number of nitrogens with two attached hydrogens (primary N) is 1. The number of nitrogens with one attached hydrogen (secondary N) is 1. The summed E-state index contributed by atoms with van der Waals surface area (Å²) in [5.74, 6) is 1.02. The summed E-state index contributed by atoms with van der Waals surface area (Å²) in [6.07, 6.45) is 2.82. The molecule has 3 N–H and O–H groups in total. The molecule has 0 unspecified atom stereocenters. The van der Waals surface area contributed by atoms with Crippen molar-refractivity contribution in [2.75, 3.05) is 23.4 Å². The zero-order valence-corrected chi connectivity index (χ0v) is 12.6. The van der Waals surface area contributed by atoms with E-state index in [9.17, 15) is 9.59 Å². The molecule has 1 spiro atoms. The van der Waals surface area contributed by atoms with E-state index in [1.807, 2.05) is 0 Å². The Hall–Kier alpha value is -2.35. The molecule has 2 amide bonds. The van der Waals surface area contributed by atoms with Crippen molar-refractivity contribution in [3.05, 3.63) is 12.1 Å². The highest BCUT2D eigenvalue weighted by Gasteiger charge is 2.47. The Morgan fingerprint density at radius 2 is 2.09 bits per heavy atom. The van der Waals surface area contributed by atoms with Crippen molar-refractivity contribution < 1.29 is 19.1 Å². The number of amides is 2. The molecule has 1 aromatic rings. The number of fused-ring (bicyclic) bond motifs is 1. The summed E-state index contributed by atoms with van der Waals surface area (Å²) in [5.41, 5.74) is 5.47. The Bertz CT molecular complexity index is 669. The van der Waals surface area contributed by atoms with Gasteiger partial charge in [-0.2, -0.15) is 0 Å². The minimum absolute atomic E-state index is 0.0247. The lowest BCUT2D eigenvalue weighted by Gasteiger charge is -2.33. The van der Waals surface area contributed by atoms with Gasteiger partial charge in [-0.15, -0.1) is 0 Å². The van der Waals surface area contributed by atoms with Gasteiger partial charge in [-0.3, -0.25) is 9.69 Å². The molecular formula is C15H18N4O4. The number of nitrogens with zero attached hydrogens (tertiary/aromatic N) is 2. The van der Waals surface area contributed by atoms with Gasteiger partial charge in [-0.25, -0.2) is 9.78 Å². The first-order valence-electron chi connectivity index (χ1n) is 7.74. The molecule has 2 aliphatic heterocycles. The van der Waals surface area contributed by atoms with Gasteiger partial charge in [0.05, 0.1) is 6.54 Å². The highest BCUT2D eigenvalue weighted by Crippen LogP contribution is 2.39. The molecule has 2 fully saturated rings. The molecule has 1 saturated carbocycles. The van der Waals surface area contributed by atoms with Gasteiger partial charge in [0.2, 0.25) is 0 Å². The summed E-state index contributed by atoms with van der Waals surface area (Å²) in [4.78, 5) is 29.5. The fraction of sp³-hybridized carbons (Fsp3) is 0.533. The number of aromatic nitrogens is 1. The van der Waals surface area contributed by atoms with Crippen LogP contribution in [-0.2, 0) is 9.53 Å². The highest BCUT2D eigenvalue weighted by molar-refractivity contribution is 5.95. The Kier molecular flexibility index (Phi) is 3.15. The Morgan fingerprint density at radius 1 is 1.30 bits per heavy atom. The largest absolute Gasteiger partial charge is 0.480 e. The number of anilines is 2. The Labute approximate surface area is 132 Å². The average molecular weight is 318 g/mol. The van der Waals surface area contributed by atoms with Crippen LogP contribution in [0.5, 0.6) is 5.75 Å². The summed E-state index contributed by atoms with van der Waals surface area (Å²) < 4.78 is 10.9. The van der Waals surface area contributed by atoms with Gasteiger partial charge >= 0.3 is 6.09 Å². The molecule has 0 atom stereocenters. The molecule has 0 aromatic carbocycles. The van der Waals surface area contributed by atoms with Crippen molar-refractivity contribution in [1.82, 2.24) is 4.98 Å². The second kappa shape index (κ2) is 5.09. The molecule has 0 bridgehead atoms. The lowest BCUT2D eigenvalue weighted by Crippen LogP contribution is -2.42. The first-order chi connectivity index (χ1) is 11.0. The van der Waals surface area contributed by atoms with Crippen LogP contribution >= 0.6 is 0 Å². The van der Waals surface area contributed by atoms with Crippen LogP contribution in [0.3, 0.4) is 0 Å². The van der Waals surface area contributed by atoms with Crippen LogP contribution in [0.4, 0.5) is 16.4 Å². The third kappa shape index (κ3) is 2.48. The number of ether oxygens (including phenoxy) is 2. The number of rotatable bonds is 1. The minimum Gasteiger partial charge on any atom is -0.480 e. The molecule has 4 rings (SSSR count). The summed E-state index contributed by atoms with van der Waals surface area (Å²) in [6.45, 7) is 0.433. The Morgan fingerprint density at radius 3 is 2.87 bits per heavy atom. The fourth-order valence-electron chi connectivity index (χ4n) is 3.33. The second-order valence-corrected chi connectivity index (χ2v) is 6.33. The van der Waals surface area contributed by atoms with Crippen LogP contribution in [0, 0.1) is 0 Å². The zero-order chi connectivity index (χ0) is 16.0. The number of carbonyl (C=O) groups is 2. The van der Waals surface area contributed by atoms with E-state index < -0.39 is 11.7 Å². The van der Waals surface area contributed by atoms with Crippen molar-refractivity contribution >= 4 is 23.6 Å². The number of hydrogen-bond acceptors (Lipinski definition) is 6. The lowest BCUT2D eigenvalue weighted by atomic mass is 9.82. The number of carbonyl (C=O) groups excluding carboxylic acids is 2. The summed E-state index contributed by atoms with van der Waals surface area (Å²) in [7, 11) is 0. The highest BCUT2D eigenvalue weighted by atomic mass is 16.6. The fourth-order valence-corrected chi connectivity index (χ4v) is 3.33. The maximum absolute atomic E-state index is 12.3. The first kappa shape index (κ1) is 14.3. The molecule has 8 heteroatoms. The van der Waals surface area contributed by atoms with Crippen molar-refractivity contribution in [3.8, 4) is 5.75 Å². The average Bonchev–Trinajstić information content (AvgIpc) is 2.86. The molecule has 1 aliphatic carbocycles. The molecule has 23 heavy (non-hydrogen) atoms. The Balaban J connectivity index is 1.58. The van der Waals surface area contributed by atoms with Gasteiger partial charge in [0.25, 0.3) is 5.91 Å². The minimum atomic E-state index is -0.468. The van der Waals surface area contributed by atoms with Crippen LogP contribution < -0.4 is 20.7 Å². The topological polar surface area (TPSA) is 107 Å². The molecule has 122 valence electrons. The molecular weight excluding hydrogens is 300 g/mol. The third-order valence-corrected chi connectivity index (χ3v) is 4.65. The van der Waals surface area contributed by atoms with Crippen molar-refractivity contribution in [2.24, 2.45) is 5.73 Å². The molecule has 1 saturated heterocycles. The summed E-state index contributed by atoms with van der Waals surface area (Å²) in [6, 6.07) is 3.58. The molecule has 1 aromatic heterocycles. The molecule has 0 radical (unpaired) electrons. The predicted molar refractivity (Wildman–Crippen MR) is 81.4 cm³/mol. The smallest absolute Gasteiger partial charge is 0.416 e. The van der Waals surface area contributed by atoms with Crippen LogP contribution in [-0.4, -0.2) is 41.8 Å². The second-order valence-electron chi connectivity index (χ2n) is 6.33. The summed E-state index contributed by atoms with van der Waals surface area (Å²) >= 11 is 0. The first-order valence-corrected chi connectivity index (χ1v) is 7.74. The van der Waals surface area contributed by atoms with E-state index in [-0.39, 0.29) is 18.6 Å². The summed E-state index contributed by atoms with van der Waals surface area (Å²) in [5, 5.41) is 2.65. The maximum atomic E-state index is 12.3. The van der Waals surface area contributed by atoms with Crippen LogP contribution in [0.1, 0.15) is 25.7 Å². The molecule has 3 heterocycles. The van der Waals surface area contributed by atoms with Gasteiger partial charge < -0.3 is 20.5 Å². The van der Waals surface area contributed by atoms with E-state index in [0.717, 1.165) is 25.7 Å². The van der Waals surface area contributed by atoms with E-state index in [2.05, 4.69) is 10.3 Å². The van der Waals surface area contributed by atoms with E-state index >= 15 is 0 Å². The van der Waals surface area contributed by atoms with Gasteiger partial charge in [0.1, 0.15) is 11.4 Å². The van der Waals surface area contributed by atoms with E-state index in [1.165, 1.54) is 4.90 Å². The van der Waals surface area contributed by atoms with Gasteiger partial charge in [-0.05, 0) is 37.8 Å². The molecule has 8 nitrogen and oxygen atoms in total. The lowest BCUT2D eigenvalue weighted by molar-refractivity contribution is -0.118. The van der Waals surface area contributed by atoms with Gasteiger partial charge in [0.15, 0.2) is 18.2 Å². The van der Waals surface area contributed by atoms with Gasteiger partial charge in [-0.1, -0.05) is 0 Å². The predicted octanol–water partition coefficient (Wildman–Crippen LogP) is 1.01. The third-order valence-electron chi connectivity index (χ3n) is 4.65. The normalized spacial score (nSPS) is 29.8.